The van der Waals surface area contributed by atoms with E-state index >= 15 is 0 Å². The van der Waals surface area contributed by atoms with E-state index in [9.17, 15) is 4.79 Å². The first-order valence-electron chi connectivity index (χ1n) is 11.2. The van der Waals surface area contributed by atoms with E-state index in [1.54, 1.807) is 19.2 Å². The highest BCUT2D eigenvalue weighted by molar-refractivity contribution is 5.97. The molecule has 0 radical (unpaired) electrons. The van der Waals surface area contributed by atoms with Crippen molar-refractivity contribution in [2.75, 3.05) is 39.8 Å². The van der Waals surface area contributed by atoms with Crippen molar-refractivity contribution >= 4 is 11.9 Å². The summed E-state index contributed by atoms with van der Waals surface area (Å²) in [6.07, 6.45) is 4.39. The van der Waals surface area contributed by atoms with E-state index in [2.05, 4.69) is 32.7 Å². The molecule has 4 N–H and O–H groups in total. The van der Waals surface area contributed by atoms with Gasteiger partial charge in [-0.3, -0.25) is 15.1 Å². The Morgan fingerprint density at radius 2 is 1.88 bits per heavy atom. The second-order valence-corrected chi connectivity index (χ2v) is 8.10. The predicted octanol–water partition coefficient (Wildman–Crippen LogP) is 2.23. The molecule has 174 valence electrons. The number of amides is 1. The first-order valence-corrected chi connectivity index (χ1v) is 11.2. The molecule has 0 spiro atoms. The van der Waals surface area contributed by atoms with Crippen LogP contribution in [-0.2, 0) is 5.41 Å². The van der Waals surface area contributed by atoms with Gasteiger partial charge < -0.3 is 20.7 Å². The van der Waals surface area contributed by atoms with Gasteiger partial charge in [-0.25, -0.2) is 0 Å². The number of carbonyl (C=O) groups excluding carboxylic acids is 1. The molecule has 0 atom stereocenters. The lowest BCUT2D eigenvalue weighted by Crippen LogP contribution is -2.52. The van der Waals surface area contributed by atoms with Crippen LogP contribution in [0, 0.1) is 11.5 Å². The van der Waals surface area contributed by atoms with Gasteiger partial charge in [0, 0.05) is 31.6 Å². The summed E-state index contributed by atoms with van der Waals surface area (Å²) in [6.45, 7) is 3.08. The van der Waals surface area contributed by atoms with Gasteiger partial charge in [0.05, 0.1) is 12.7 Å². The Morgan fingerprint density at radius 1 is 1.18 bits per heavy atom. The third kappa shape index (κ3) is 6.02. The van der Waals surface area contributed by atoms with Crippen LogP contribution in [0.25, 0.3) is 0 Å². The number of methoxy groups -OCH3 is 1. The number of nitrogens with one attached hydrogen (secondary N) is 2. The molecule has 0 aliphatic carbocycles. The van der Waals surface area contributed by atoms with Gasteiger partial charge in [-0.15, -0.1) is 0 Å². The molecule has 0 saturated carbocycles. The number of hydrogen-bond acceptors (Lipinski definition) is 5. The fourth-order valence-corrected chi connectivity index (χ4v) is 4.23. The Bertz CT molecular complexity index is 978. The number of guanidine groups is 1. The zero-order valence-corrected chi connectivity index (χ0v) is 19.1. The lowest BCUT2D eigenvalue weighted by atomic mass is 9.72. The van der Waals surface area contributed by atoms with Crippen LogP contribution in [-0.4, -0.2) is 56.6 Å². The van der Waals surface area contributed by atoms with Crippen molar-refractivity contribution in [1.29, 1.82) is 5.26 Å². The summed E-state index contributed by atoms with van der Waals surface area (Å²) < 4.78 is 5.35. The molecule has 2 aromatic carbocycles. The summed E-state index contributed by atoms with van der Waals surface area (Å²) in [5.74, 6) is 0.991. The topological polar surface area (TPSA) is 116 Å². The SMILES string of the molecule is COc1ccccc1C(=O)NCC1(c2ccccc2)CCN(C(=NCCCN)NC#N)CC1. The molecular weight excluding hydrogens is 416 g/mol. The molecule has 8 heteroatoms. The number of nitriles is 1. The molecule has 1 aliphatic rings. The van der Waals surface area contributed by atoms with Gasteiger partial charge in [0.15, 0.2) is 6.19 Å². The number of likely N-dealkylation sites (tertiary alicyclic amines) is 1. The lowest BCUT2D eigenvalue weighted by Gasteiger charge is -2.43. The zero-order chi connectivity index (χ0) is 23.5. The normalized spacial score (nSPS) is 15.4. The summed E-state index contributed by atoms with van der Waals surface area (Å²) in [5.41, 5.74) is 7.07. The summed E-state index contributed by atoms with van der Waals surface area (Å²) in [7, 11) is 1.56. The van der Waals surface area contributed by atoms with Crippen molar-refractivity contribution in [3.8, 4) is 11.9 Å². The number of hydrogen-bond donors (Lipinski definition) is 3. The third-order valence-electron chi connectivity index (χ3n) is 6.14. The molecule has 1 aliphatic heterocycles. The smallest absolute Gasteiger partial charge is 0.255 e. The molecule has 1 amide bonds. The van der Waals surface area contributed by atoms with Gasteiger partial charge in [-0.1, -0.05) is 42.5 Å². The standard InChI is InChI=1S/C25H32N6O2/c1-33-22-11-6-5-10-21(22)23(32)29-18-25(20-8-3-2-4-9-20)12-16-31(17-13-25)24(30-19-27)28-15-7-14-26/h2-6,8-11H,7,12-18,26H2,1H3,(H,28,30)(H,29,32). The molecule has 33 heavy (non-hydrogen) atoms. The molecule has 2 aromatic rings. The summed E-state index contributed by atoms with van der Waals surface area (Å²) in [6, 6.07) is 17.5. The number of benzene rings is 2. The Labute approximate surface area is 195 Å². The quantitative estimate of drug-likeness (QED) is 0.188. The minimum Gasteiger partial charge on any atom is -0.496 e. The number of para-hydroxylation sites is 1. The maximum absolute atomic E-state index is 13.0. The first kappa shape index (κ1) is 24.1. The van der Waals surface area contributed by atoms with Crippen LogP contribution in [0.15, 0.2) is 59.6 Å². The van der Waals surface area contributed by atoms with Gasteiger partial charge in [-0.2, -0.15) is 5.26 Å². The van der Waals surface area contributed by atoms with Crippen LogP contribution in [0.2, 0.25) is 0 Å². The van der Waals surface area contributed by atoms with Crippen LogP contribution < -0.4 is 21.1 Å². The zero-order valence-electron chi connectivity index (χ0n) is 19.1. The third-order valence-corrected chi connectivity index (χ3v) is 6.14. The Kier molecular flexibility index (Phi) is 8.67. The Balaban J connectivity index is 1.76. The average molecular weight is 449 g/mol. The van der Waals surface area contributed by atoms with E-state index in [1.165, 1.54) is 5.56 Å². The number of piperidine rings is 1. The average Bonchev–Trinajstić information content (AvgIpc) is 2.87. The van der Waals surface area contributed by atoms with Gasteiger partial charge in [-0.05, 0) is 43.5 Å². The summed E-state index contributed by atoms with van der Waals surface area (Å²) in [4.78, 5) is 19.6. The van der Waals surface area contributed by atoms with Crippen LogP contribution in [0.3, 0.4) is 0 Å². The maximum atomic E-state index is 13.0. The lowest BCUT2D eigenvalue weighted by molar-refractivity contribution is 0.0929. The van der Waals surface area contributed by atoms with Crippen LogP contribution >= 0.6 is 0 Å². The van der Waals surface area contributed by atoms with E-state index in [4.69, 9.17) is 15.7 Å². The predicted molar refractivity (Wildman–Crippen MR) is 129 cm³/mol. The minimum atomic E-state index is -0.218. The Morgan fingerprint density at radius 3 is 2.55 bits per heavy atom. The van der Waals surface area contributed by atoms with Crippen LogP contribution in [0.1, 0.15) is 35.2 Å². The molecule has 1 fully saturated rings. The van der Waals surface area contributed by atoms with Gasteiger partial charge in [0.25, 0.3) is 5.91 Å². The van der Waals surface area contributed by atoms with Gasteiger partial charge >= 0.3 is 0 Å². The van der Waals surface area contributed by atoms with Crippen molar-refractivity contribution in [2.24, 2.45) is 10.7 Å². The van der Waals surface area contributed by atoms with E-state index in [0.29, 0.717) is 36.9 Å². The molecule has 1 heterocycles. The van der Waals surface area contributed by atoms with Crippen LogP contribution in [0.5, 0.6) is 5.75 Å². The van der Waals surface area contributed by atoms with Gasteiger partial charge in [0.2, 0.25) is 5.96 Å². The number of nitrogens with two attached hydrogens (primary N) is 1. The number of carbonyl (C=O) groups is 1. The Hall–Kier alpha value is -3.57. The number of ether oxygens (including phenoxy) is 1. The summed E-state index contributed by atoms with van der Waals surface area (Å²) in [5, 5.41) is 15.0. The van der Waals surface area contributed by atoms with Crippen molar-refractivity contribution in [1.82, 2.24) is 15.5 Å². The van der Waals surface area contributed by atoms with E-state index in [-0.39, 0.29) is 11.3 Å². The second kappa shape index (κ2) is 11.9. The number of rotatable bonds is 8. The first-order chi connectivity index (χ1) is 16.1. The molecular formula is C25H32N6O2. The largest absolute Gasteiger partial charge is 0.496 e. The van der Waals surface area contributed by atoms with E-state index in [1.807, 2.05) is 36.5 Å². The number of aliphatic imine (C=N–C) groups is 1. The van der Waals surface area contributed by atoms with Crippen molar-refractivity contribution < 1.29 is 9.53 Å². The highest BCUT2D eigenvalue weighted by atomic mass is 16.5. The minimum absolute atomic E-state index is 0.152. The van der Waals surface area contributed by atoms with E-state index in [0.717, 1.165) is 32.4 Å². The second-order valence-electron chi connectivity index (χ2n) is 8.10. The fraction of sp³-hybridized carbons (Fsp3) is 0.400. The molecule has 3 rings (SSSR count). The highest BCUT2D eigenvalue weighted by Gasteiger charge is 2.37. The van der Waals surface area contributed by atoms with Gasteiger partial charge in [0.1, 0.15) is 5.75 Å². The maximum Gasteiger partial charge on any atom is 0.255 e. The number of nitrogens with zero attached hydrogens (tertiary/aromatic N) is 3. The monoisotopic (exact) mass is 448 g/mol. The van der Waals surface area contributed by atoms with Crippen molar-refractivity contribution in [3.63, 3.8) is 0 Å². The highest BCUT2D eigenvalue weighted by Crippen LogP contribution is 2.35. The van der Waals surface area contributed by atoms with E-state index < -0.39 is 0 Å². The van der Waals surface area contributed by atoms with Crippen molar-refractivity contribution in [2.45, 2.75) is 24.7 Å². The summed E-state index contributed by atoms with van der Waals surface area (Å²) >= 11 is 0. The fourth-order valence-electron chi connectivity index (χ4n) is 4.23. The molecule has 0 unspecified atom stereocenters. The van der Waals surface area contributed by atoms with Crippen molar-refractivity contribution in [3.05, 3.63) is 65.7 Å². The molecule has 0 aromatic heterocycles. The van der Waals surface area contributed by atoms with Crippen LogP contribution in [0.4, 0.5) is 0 Å². The molecule has 0 bridgehead atoms. The molecule has 8 nitrogen and oxygen atoms in total. The molecule has 1 saturated heterocycles.